The highest BCUT2D eigenvalue weighted by molar-refractivity contribution is 5.98. The molecule has 0 spiro atoms. The van der Waals surface area contributed by atoms with Gasteiger partial charge in [-0.05, 0) is 31.5 Å². The molecule has 0 radical (unpaired) electrons. The summed E-state index contributed by atoms with van der Waals surface area (Å²) in [6.07, 6.45) is 0.824. The van der Waals surface area contributed by atoms with Crippen molar-refractivity contribution in [2.45, 2.75) is 38.7 Å². The van der Waals surface area contributed by atoms with Crippen LogP contribution in [0, 0.1) is 0 Å². The second-order valence-electron chi connectivity index (χ2n) is 4.82. The van der Waals surface area contributed by atoms with Crippen molar-refractivity contribution in [2.75, 3.05) is 0 Å². The largest absolute Gasteiger partial charge is 0.491 e. The van der Waals surface area contributed by atoms with Crippen LogP contribution in [-0.2, 0) is 9.59 Å². The van der Waals surface area contributed by atoms with Crippen LogP contribution in [0.15, 0.2) is 24.3 Å². The molecule has 0 saturated carbocycles. The van der Waals surface area contributed by atoms with Crippen molar-refractivity contribution in [3.8, 4) is 5.75 Å². The first-order chi connectivity index (χ1) is 8.54. The minimum Gasteiger partial charge on any atom is -0.491 e. The first-order valence-electron chi connectivity index (χ1n) is 6.14. The van der Waals surface area contributed by atoms with Crippen LogP contribution in [0.3, 0.4) is 0 Å². The van der Waals surface area contributed by atoms with Gasteiger partial charge in [0, 0.05) is 18.8 Å². The highest BCUT2D eigenvalue weighted by Gasteiger charge is 2.26. The molecule has 1 heterocycles. The van der Waals surface area contributed by atoms with Gasteiger partial charge in [-0.15, -0.1) is 0 Å². The maximum Gasteiger partial charge on any atom is 0.227 e. The normalized spacial score (nSPS) is 16.8. The second kappa shape index (κ2) is 5.21. The molecule has 1 aromatic carbocycles. The maximum absolute atomic E-state index is 11.4. The van der Waals surface area contributed by atoms with Crippen LogP contribution in [0.2, 0.25) is 0 Å². The van der Waals surface area contributed by atoms with Crippen LogP contribution < -0.4 is 10.1 Å². The number of amides is 2. The molecule has 4 nitrogen and oxygen atoms in total. The highest BCUT2D eigenvalue weighted by Crippen LogP contribution is 2.28. The minimum absolute atomic E-state index is 0.0398. The van der Waals surface area contributed by atoms with E-state index in [1.165, 1.54) is 0 Å². The van der Waals surface area contributed by atoms with Crippen LogP contribution in [0.1, 0.15) is 38.2 Å². The van der Waals surface area contributed by atoms with E-state index in [9.17, 15) is 9.59 Å². The topological polar surface area (TPSA) is 55.4 Å². The number of piperidine rings is 1. The Bertz CT molecular complexity index is 452. The highest BCUT2D eigenvalue weighted by atomic mass is 16.5. The number of benzene rings is 1. The summed E-state index contributed by atoms with van der Waals surface area (Å²) >= 11 is 0. The van der Waals surface area contributed by atoms with Gasteiger partial charge in [0.15, 0.2) is 0 Å². The van der Waals surface area contributed by atoms with Gasteiger partial charge in [0.2, 0.25) is 11.8 Å². The summed E-state index contributed by atoms with van der Waals surface area (Å²) in [5, 5.41) is 2.32. The van der Waals surface area contributed by atoms with Gasteiger partial charge < -0.3 is 4.74 Å². The smallest absolute Gasteiger partial charge is 0.227 e. The van der Waals surface area contributed by atoms with E-state index in [0.717, 1.165) is 11.3 Å². The molecule has 1 aliphatic rings. The number of imide groups is 1. The lowest BCUT2D eigenvalue weighted by Gasteiger charge is -2.22. The first-order valence-corrected chi connectivity index (χ1v) is 6.14. The molecule has 2 rings (SSSR count). The van der Waals surface area contributed by atoms with E-state index in [1.807, 2.05) is 38.1 Å². The Labute approximate surface area is 106 Å². The standard InChI is InChI=1S/C14H17NO3/c1-9(2)18-12-5-3-4-10(6-12)11-7-13(16)15-14(17)8-11/h3-6,9,11H,7-8H2,1-2H3,(H,15,16,17). The summed E-state index contributed by atoms with van der Waals surface area (Å²) in [5.41, 5.74) is 0.983. The maximum atomic E-state index is 11.4. The molecule has 0 bridgehead atoms. The molecule has 4 heteroatoms. The molecule has 1 fully saturated rings. The van der Waals surface area contributed by atoms with E-state index < -0.39 is 0 Å². The van der Waals surface area contributed by atoms with Crippen LogP contribution in [-0.4, -0.2) is 17.9 Å². The van der Waals surface area contributed by atoms with Crippen molar-refractivity contribution in [2.24, 2.45) is 0 Å². The lowest BCUT2D eigenvalue weighted by Crippen LogP contribution is -2.37. The zero-order chi connectivity index (χ0) is 13.1. The number of ether oxygens (including phenoxy) is 1. The van der Waals surface area contributed by atoms with Gasteiger partial charge in [-0.3, -0.25) is 14.9 Å². The summed E-state index contributed by atoms with van der Waals surface area (Å²) in [6.45, 7) is 3.93. The molecule has 1 aromatic rings. The summed E-state index contributed by atoms with van der Waals surface area (Å²) in [5.74, 6) is 0.334. The molecule has 1 N–H and O–H groups in total. The predicted molar refractivity (Wildman–Crippen MR) is 67.3 cm³/mol. The van der Waals surface area contributed by atoms with Gasteiger partial charge in [0.05, 0.1) is 6.10 Å². The van der Waals surface area contributed by atoms with Crippen molar-refractivity contribution in [3.05, 3.63) is 29.8 Å². The number of hydrogen-bond donors (Lipinski definition) is 1. The molecule has 18 heavy (non-hydrogen) atoms. The molecular weight excluding hydrogens is 230 g/mol. The lowest BCUT2D eigenvalue weighted by atomic mass is 9.89. The van der Waals surface area contributed by atoms with E-state index in [0.29, 0.717) is 12.8 Å². The third-order valence-electron chi connectivity index (χ3n) is 2.84. The fraction of sp³-hybridized carbons (Fsp3) is 0.429. The summed E-state index contributed by atoms with van der Waals surface area (Å²) < 4.78 is 5.61. The van der Waals surface area contributed by atoms with Crippen molar-refractivity contribution >= 4 is 11.8 Å². The Hall–Kier alpha value is -1.84. The number of nitrogens with one attached hydrogen (secondary N) is 1. The summed E-state index contributed by atoms with van der Waals surface area (Å²) in [6, 6.07) is 7.62. The van der Waals surface area contributed by atoms with Crippen LogP contribution >= 0.6 is 0 Å². The third-order valence-corrected chi connectivity index (χ3v) is 2.84. The zero-order valence-corrected chi connectivity index (χ0v) is 10.6. The lowest BCUT2D eigenvalue weighted by molar-refractivity contribution is -0.133. The van der Waals surface area contributed by atoms with Gasteiger partial charge in [-0.1, -0.05) is 12.1 Å². The molecule has 0 aliphatic carbocycles. The van der Waals surface area contributed by atoms with Crippen molar-refractivity contribution in [1.82, 2.24) is 5.32 Å². The van der Waals surface area contributed by atoms with Gasteiger partial charge in [0.1, 0.15) is 5.75 Å². The van der Waals surface area contributed by atoms with Crippen molar-refractivity contribution in [3.63, 3.8) is 0 Å². The average molecular weight is 247 g/mol. The second-order valence-corrected chi connectivity index (χ2v) is 4.82. The Kier molecular flexibility index (Phi) is 3.65. The molecule has 0 unspecified atom stereocenters. The average Bonchev–Trinajstić information content (AvgIpc) is 2.27. The zero-order valence-electron chi connectivity index (χ0n) is 10.6. The van der Waals surface area contributed by atoms with Crippen molar-refractivity contribution in [1.29, 1.82) is 0 Å². The first kappa shape index (κ1) is 12.6. The molecule has 96 valence electrons. The molecule has 0 aromatic heterocycles. The Morgan fingerprint density at radius 1 is 1.22 bits per heavy atom. The molecule has 2 amide bonds. The monoisotopic (exact) mass is 247 g/mol. The SMILES string of the molecule is CC(C)Oc1cccc(C2CC(=O)NC(=O)C2)c1. The van der Waals surface area contributed by atoms with Gasteiger partial charge in [-0.25, -0.2) is 0 Å². The number of carbonyl (C=O) groups is 2. The third kappa shape index (κ3) is 3.09. The van der Waals surface area contributed by atoms with E-state index in [-0.39, 0.29) is 23.8 Å². The molecule has 1 aliphatic heterocycles. The summed E-state index contributed by atoms with van der Waals surface area (Å²) in [4.78, 5) is 22.7. The van der Waals surface area contributed by atoms with E-state index in [2.05, 4.69) is 5.32 Å². The van der Waals surface area contributed by atoms with Crippen molar-refractivity contribution < 1.29 is 14.3 Å². The fourth-order valence-corrected chi connectivity index (χ4v) is 2.13. The van der Waals surface area contributed by atoms with Crippen LogP contribution in [0.25, 0.3) is 0 Å². The number of carbonyl (C=O) groups excluding carboxylic acids is 2. The molecular formula is C14H17NO3. The van der Waals surface area contributed by atoms with Gasteiger partial charge in [-0.2, -0.15) is 0 Å². The number of hydrogen-bond acceptors (Lipinski definition) is 3. The minimum atomic E-state index is -0.202. The Balaban J connectivity index is 2.17. The predicted octanol–water partition coefficient (Wildman–Crippen LogP) is 1.99. The van der Waals surface area contributed by atoms with E-state index in [1.54, 1.807) is 0 Å². The van der Waals surface area contributed by atoms with Crippen LogP contribution in [0.5, 0.6) is 5.75 Å². The molecule has 0 atom stereocenters. The number of rotatable bonds is 3. The Morgan fingerprint density at radius 2 is 1.89 bits per heavy atom. The van der Waals surface area contributed by atoms with Crippen LogP contribution in [0.4, 0.5) is 0 Å². The fourth-order valence-electron chi connectivity index (χ4n) is 2.13. The molecule has 1 saturated heterocycles. The van der Waals surface area contributed by atoms with Gasteiger partial charge >= 0.3 is 0 Å². The summed E-state index contributed by atoms with van der Waals surface area (Å²) in [7, 11) is 0. The van der Waals surface area contributed by atoms with Gasteiger partial charge in [0.25, 0.3) is 0 Å². The van der Waals surface area contributed by atoms with E-state index >= 15 is 0 Å². The Morgan fingerprint density at radius 3 is 2.50 bits per heavy atom. The van der Waals surface area contributed by atoms with E-state index in [4.69, 9.17) is 4.74 Å². The quantitative estimate of drug-likeness (QED) is 0.831.